The summed E-state index contributed by atoms with van der Waals surface area (Å²) < 4.78 is 2.76. The molecule has 87 heavy (non-hydrogen) atoms. The maximum atomic E-state index is 2.75. The Morgan fingerprint density at radius 1 is 0.402 bits per heavy atom. The van der Waals surface area contributed by atoms with Gasteiger partial charge in [-0.1, -0.05) is 214 Å². The van der Waals surface area contributed by atoms with E-state index in [9.17, 15) is 0 Å². The van der Waals surface area contributed by atoms with Gasteiger partial charge in [0.15, 0.2) is 0 Å². The molecule has 0 N–H and O–H groups in total. The second kappa shape index (κ2) is 18.5. The van der Waals surface area contributed by atoms with E-state index in [0.29, 0.717) is 0 Å². The number of aryl methyl sites for hydroxylation is 1. The maximum absolute atomic E-state index is 2.75. The predicted molar refractivity (Wildman–Crippen MR) is 376 cm³/mol. The Bertz CT molecular complexity index is 4530. The molecule has 0 spiro atoms. The summed E-state index contributed by atoms with van der Waals surface area (Å²) in [7, 11) is 0. The number of nitrogens with zero attached hydrogens (tertiary/aromatic N) is 3. The lowest BCUT2D eigenvalue weighted by atomic mass is 9.36. The molecular formula is C82H84BN3S. The van der Waals surface area contributed by atoms with E-state index in [-0.39, 0.29) is 44.6 Å². The number of anilines is 9. The van der Waals surface area contributed by atoms with Gasteiger partial charge in [-0.2, -0.15) is 0 Å². The van der Waals surface area contributed by atoms with Crippen LogP contribution in [0.5, 0.6) is 0 Å². The molecular weight excluding hydrogens is 1070 g/mol. The standard InChI is InChI=1S/C82H84BN3S/c1-49-41-70-73-71(42-49)86(66-38-35-52(77(5,6)7)43-55(66)50-31-33-51(34-32-50)76(2,3)4)69-48-68-64(82(16,17)60-29-23-24-30-67(60)84(68)53-25-19-18-20-26-53)46-65(69)83(73)75-74(85(70)54-36-37-57-61(44-54)79(10,11)40-39-78(57,8)9)56-45-62-63(47-72(56)87-75)81(14,15)59-28-22-21-27-58(59)80(62,12)13/h18-38,41-48H,39-40H2,1-17H3. The third kappa shape index (κ3) is 8.12. The molecule has 0 atom stereocenters. The molecule has 4 heterocycles. The Kier molecular flexibility index (Phi) is 11.9. The minimum absolute atomic E-state index is 0.0153. The Balaban J connectivity index is 1.09. The van der Waals surface area contributed by atoms with Crippen LogP contribution < -0.4 is 30.4 Å². The van der Waals surface area contributed by atoms with Crippen molar-refractivity contribution in [3.8, 4) is 11.1 Å². The molecule has 9 aromatic carbocycles. The lowest BCUT2D eigenvalue weighted by Gasteiger charge is -2.47. The van der Waals surface area contributed by atoms with E-state index in [0.717, 1.165) is 12.1 Å². The van der Waals surface area contributed by atoms with E-state index in [2.05, 4.69) is 308 Å². The summed E-state index contributed by atoms with van der Waals surface area (Å²) in [5.41, 5.74) is 30.8. The van der Waals surface area contributed by atoms with Crippen LogP contribution in [0.4, 0.5) is 51.2 Å². The molecule has 0 saturated carbocycles. The first kappa shape index (κ1) is 55.9. The average molecular weight is 1150 g/mol. The molecule has 3 aliphatic heterocycles. The van der Waals surface area contributed by atoms with Crippen molar-refractivity contribution in [2.75, 3.05) is 14.7 Å². The third-order valence-corrected chi connectivity index (χ3v) is 22.9. The Hall–Kier alpha value is -7.60. The van der Waals surface area contributed by atoms with Crippen molar-refractivity contribution in [1.82, 2.24) is 0 Å². The molecule has 10 aromatic rings. The van der Waals surface area contributed by atoms with Gasteiger partial charge in [-0.05, 0) is 192 Å². The average Bonchev–Trinajstić information content (AvgIpc) is 1.68. The highest BCUT2D eigenvalue weighted by Crippen LogP contribution is 2.59. The molecule has 0 amide bonds. The first-order valence-corrected chi connectivity index (χ1v) is 32.9. The summed E-state index contributed by atoms with van der Waals surface area (Å²) in [5.74, 6) is 0. The fourth-order valence-corrected chi connectivity index (χ4v) is 17.8. The topological polar surface area (TPSA) is 9.72 Å². The van der Waals surface area contributed by atoms with Gasteiger partial charge >= 0.3 is 0 Å². The van der Waals surface area contributed by atoms with Crippen molar-refractivity contribution < 1.29 is 0 Å². The van der Waals surface area contributed by atoms with Gasteiger partial charge in [0.1, 0.15) is 0 Å². The van der Waals surface area contributed by atoms with Crippen LogP contribution in [0, 0.1) is 6.92 Å². The molecule has 15 rings (SSSR count). The maximum Gasteiger partial charge on any atom is 0.264 e. The SMILES string of the molecule is Cc1cc2c3c(c1)N(c1ccc4c(c1)C(C)(C)CCC4(C)C)c1c(sc4cc5c(cc14)C(C)(C)c1ccccc1C5(C)C)B3c1cc3c(cc1N2c1ccc(C(C)(C)C)cc1-c1ccc(C(C)(C)C)cc1)N(c1ccccc1)c1ccccc1C3(C)C. The van der Waals surface area contributed by atoms with Crippen molar-refractivity contribution in [2.24, 2.45) is 0 Å². The van der Waals surface area contributed by atoms with Crippen LogP contribution in [-0.2, 0) is 37.9 Å². The summed E-state index contributed by atoms with van der Waals surface area (Å²) in [4.78, 5) is 8.02. The van der Waals surface area contributed by atoms with Crippen molar-refractivity contribution in [3.05, 3.63) is 237 Å². The molecule has 436 valence electrons. The molecule has 0 bridgehead atoms. The van der Waals surface area contributed by atoms with Gasteiger partial charge in [0, 0.05) is 65.1 Å². The summed E-state index contributed by atoms with van der Waals surface area (Å²) in [6, 6.07) is 69.7. The normalized spacial score (nSPS) is 17.8. The van der Waals surface area contributed by atoms with Gasteiger partial charge in [0.2, 0.25) is 0 Å². The smallest absolute Gasteiger partial charge is 0.264 e. The van der Waals surface area contributed by atoms with Crippen LogP contribution in [0.1, 0.15) is 185 Å². The molecule has 2 aliphatic carbocycles. The van der Waals surface area contributed by atoms with Crippen molar-refractivity contribution >= 4 is 95.0 Å². The number of hydrogen-bond acceptors (Lipinski definition) is 4. The molecule has 0 saturated heterocycles. The Labute approximate surface area is 523 Å². The van der Waals surface area contributed by atoms with E-state index >= 15 is 0 Å². The molecule has 0 radical (unpaired) electrons. The lowest BCUT2D eigenvalue weighted by molar-refractivity contribution is 0.332. The van der Waals surface area contributed by atoms with Gasteiger partial charge in [-0.15, -0.1) is 11.3 Å². The van der Waals surface area contributed by atoms with Crippen LogP contribution in [-0.4, -0.2) is 6.71 Å². The summed E-state index contributed by atoms with van der Waals surface area (Å²) in [5, 5.41) is 1.34. The van der Waals surface area contributed by atoms with Gasteiger partial charge in [-0.25, -0.2) is 0 Å². The van der Waals surface area contributed by atoms with Gasteiger partial charge < -0.3 is 14.7 Å². The quantitative estimate of drug-likeness (QED) is 0.163. The minimum Gasteiger partial charge on any atom is -0.311 e. The van der Waals surface area contributed by atoms with E-state index in [1.54, 1.807) is 0 Å². The fourth-order valence-electron chi connectivity index (χ4n) is 16.4. The molecule has 0 unspecified atom stereocenters. The number of rotatable bonds is 4. The van der Waals surface area contributed by atoms with E-state index < -0.39 is 0 Å². The van der Waals surface area contributed by atoms with E-state index in [1.165, 1.54) is 150 Å². The molecule has 1 aromatic heterocycles. The first-order chi connectivity index (χ1) is 41.1. The van der Waals surface area contributed by atoms with Crippen molar-refractivity contribution in [1.29, 1.82) is 0 Å². The van der Waals surface area contributed by atoms with E-state index in [1.807, 2.05) is 11.3 Å². The van der Waals surface area contributed by atoms with Crippen LogP contribution >= 0.6 is 11.3 Å². The highest BCUT2D eigenvalue weighted by Gasteiger charge is 2.50. The summed E-state index contributed by atoms with van der Waals surface area (Å²) in [6.45, 7) is 41.0. The number of benzene rings is 9. The van der Waals surface area contributed by atoms with Crippen LogP contribution in [0.25, 0.3) is 21.2 Å². The first-order valence-electron chi connectivity index (χ1n) is 32.1. The van der Waals surface area contributed by atoms with Crippen LogP contribution in [0.2, 0.25) is 0 Å². The zero-order valence-corrected chi connectivity index (χ0v) is 55.3. The Morgan fingerprint density at radius 3 is 1.63 bits per heavy atom. The highest BCUT2D eigenvalue weighted by atomic mass is 32.1. The number of hydrogen-bond donors (Lipinski definition) is 0. The summed E-state index contributed by atoms with van der Waals surface area (Å²) >= 11 is 2.05. The van der Waals surface area contributed by atoms with Crippen LogP contribution in [0.15, 0.2) is 176 Å². The summed E-state index contributed by atoms with van der Waals surface area (Å²) in [6.07, 6.45) is 2.32. The van der Waals surface area contributed by atoms with Gasteiger partial charge in [0.05, 0.1) is 22.7 Å². The Morgan fingerprint density at radius 2 is 0.977 bits per heavy atom. The largest absolute Gasteiger partial charge is 0.311 e. The lowest BCUT2D eigenvalue weighted by Crippen LogP contribution is -2.61. The van der Waals surface area contributed by atoms with Gasteiger partial charge in [-0.3, -0.25) is 0 Å². The fraction of sp³-hybridized carbons (Fsp3) is 0.317. The highest BCUT2D eigenvalue weighted by molar-refractivity contribution is 7.33. The van der Waals surface area contributed by atoms with E-state index in [4.69, 9.17) is 0 Å². The molecule has 3 nitrogen and oxygen atoms in total. The van der Waals surface area contributed by atoms with Gasteiger partial charge in [0.25, 0.3) is 6.71 Å². The number of para-hydroxylation sites is 2. The van der Waals surface area contributed by atoms with Crippen molar-refractivity contribution in [2.45, 2.75) is 168 Å². The molecule has 5 heteroatoms. The zero-order chi connectivity index (χ0) is 61.0. The second-order valence-corrected chi connectivity index (χ2v) is 32.5. The zero-order valence-electron chi connectivity index (χ0n) is 54.5. The predicted octanol–water partition coefficient (Wildman–Crippen LogP) is 21.0. The number of thiophene rings is 1. The van der Waals surface area contributed by atoms with Crippen LogP contribution in [0.3, 0.4) is 0 Å². The third-order valence-electron chi connectivity index (χ3n) is 21.7. The molecule has 5 aliphatic rings. The second-order valence-electron chi connectivity index (χ2n) is 31.4. The minimum atomic E-state index is -0.333. The number of fused-ring (bicyclic) bond motifs is 11. The monoisotopic (exact) mass is 1150 g/mol. The molecule has 0 fully saturated rings. The van der Waals surface area contributed by atoms with Crippen molar-refractivity contribution in [3.63, 3.8) is 0 Å².